The van der Waals surface area contributed by atoms with E-state index in [0.29, 0.717) is 11.8 Å². The maximum Gasteiger partial charge on any atom is 0.00827 e. The summed E-state index contributed by atoms with van der Waals surface area (Å²) in [4.78, 5) is 0. The molecule has 0 N–H and O–H groups in total. The van der Waals surface area contributed by atoms with E-state index in [0.717, 1.165) is 42.9 Å². The van der Waals surface area contributed by atoms with Crippen LogP contribution in [0.15, 0.2) is 72.4 Å². The van der Waals surface area contributed by atoms with Gasteiger partial charge in [-0.1, -0.05) is 125 Å². The van der Waals surface area contributed by atoms with Crippen LogP contribution in [-0.4, -0.2) is 0 Å². The summed E-state index contributed by atoms with van der Waals surface area (Å²) < 4.78 is 0. The average Bonchev–Trinajstić information content (AvgIpc) is 3.56. The molecule has 4 atom stereocenters. The summed E-state index contributed by atoms with van der Waals surface area (Å²) in [5.41, 5.74) is 14.8. The molecule has 4 aliphatic carbocycles. The summed E-state index contributed by atoms with van der Waals surface area (Å²) in [5.74, 6) is 4.64. The van der Waals surface area contributed by atoms with Gasteiger partial charge in [-0.15, -0.1) is 0 Å². The van der Waals surface area contributed by atoms with Gasteiger partial charge in [-0.3, -0.25) is 0 Å². The third kappa shape index (κ3) is 6.32. The van der Waals surface area contributed by atoms with Crippen LogP contribution in [0.3, 0.4) is 0 Å². The summed E-state index contributed by atoms with van der Waals surface area (Å²) >= 11 is 0. The van der Waals surface area contributed by atoms with Gasteiger partial charge in [0.2, 0.25) is 0 Å². The Balaban J connectivity index is 1.20. The van der Waals surface area contributed by atoms with Gasteiger partial charge in [0.15, 0.2) is 0 Å². The molecule has 0 spiro atoms. The van der Waals surface area contributed by atoms with E-state index < -0.39 is 0 Å². The van der Waals surface area contributed by atoms with E-state index in [1.165, 1.54) is 95.0 Å². The Morgan fingerprint density at radius 3 is 2.49 bits per heavy atom. The Morgan fingerprint density at radius 2 is 1.74 bits per heavy atom. The van der Waals surface area contributed by atoms with Gasteiger partial charge in [0, 0.05) is 5.92 Å². The number of rotatable bonds is 8. The second-order valence-electron chi connectivity index (χ2n) is 16.2. The molecule has 2 fully saturated rings. The predicted octanol–water partition coefficient (Wildman–Crippen LogP) is 12.0. The van der Waals surface area contributed by atoms with E-state index in [-0.39, 0.29) is 5.41 Å². The normalized spacial score (nSPS) is 28.7. The van der Waals surface area contributed by atoms with Crippen molar-refractivity contribution in [3.05, 3.63) is 100 Å². The van der Waals surface area contributed by atoms with Gasteiger partial charge in [0.25, 0.3) is 0 Å². The molecular weight excluding hydrogens is 516 g/mol. The second kappa shape index (κ2) is 12.1. The highest BCUT2D eigenvalue weighted by Gasteiger charge is 2.40. The summed E-state index contributed by atoms with van der Waals surface area (Å²) in [7, 11) is 0. The number of allylic oxidation sites excluding steroid dienone is 5. The van der Waals surface area contributed by atoms with Crippen LogP contribution in [0.4, 0.5) is 0 Å². The van der Waals surface area contributed by atoms with Crippen molar-refractivity contribution >= 4 is 6.08 Å². The first kappa shape index (κ1) is 30.4. The van der Waals surface area contributed by atoms with Gasteiger partial charge in [0.1, 0.15) is 0 Å². The lowest BCUT2D eigenvalue weighted by molar-refractivity contribution is 0.0974. The number of hydrogen-bond donors (Lipinski definition) is 0. The van der Waals surface area contributed by atoms with Crippen LogP contribution in [0.25, 0.3) is 17.2 Å². The van der Waals surface area contributed by atoms with E-state index in [1.807, 2.05) is 0 Å². The quantitative estimate of drug-likeness (QED) is 0.276. The Kier molecular flexibility index (Phi) is 8.54. The zero-order chi connectivity index (χ0) is 30.5. The fourth-order valence-corrected chi connectivity index (χ4v) is 9.47. The highest BCUT2D eigenvalue weighted by atomic mass is 14.5. The van der Waals surface area contributed by atoms with E-state index in [4.69, 9.17) is 0 Å². The van der Waals surface area contributed by atoms with Crippen LogP contribution in [0.2, 0.25) is 0 Å². The molecule has 0 amide bonds. The van der Waals surface area contributed by atoms with Crippen molar-refractivity contribution in [1.82, 2.24) is 0 Å². The Bertz CT molecular complexity index is 1450. The van der Waals surface area contributed by atoms with Crippen LogP contribution in [0.5, 0.6) is 0 Å². The van der Waals surface area contributed by atoms with Gasteiger partial charge in [-0.25, -0.2) is 0 Å². The Hall–Kier alpha value is -2.60. The fourth-order valence-electron chi connectivity index (χ4n) is 9.47. The third-order valence-electron chi connectivity index (χ3n) is 11.7. The van der Waals surface area contributed by atoms with E-state index in [2.05, 4.69) is 103 Å². The predicted molar refractivity (Wildman–Crippen MR) is 187 cm³/mol. The van der Waals surface area contributed by atoms with E-state index >= 15 is 0 Å². The molecule has 0 heterocycles. The van der Waals surface area contributed by atoms with Crippen LogP contribution in [0, 0.1) is 54.8 Å². The number of aryl methyl sites for hydroxylation is 2. The standard InChI is InChI=1S/C43H56/c1-9-33-12-10-14-37(33)36-21-31(22-36)24-40-29(4)18-27(2)19-42(40)38-15-11-13-34-20-32(25-41(34)38)23-39-28(3)16-17-35(30(39)5)26-43(6,7)8/h11,13,15-20,31,33,35-37,39H,3,5,9-10,12,14,21-26H2,1-2,4,6-8H3/t31?,33-,35?,36?,37?,39?/m1/s1. The summed E-state index contributed by atoms with van der Waals surface area (Å²) in [6.07, 6.45) is 20.3. The Morgan fingerprint density at radius 1 is 0.953 bits per heavy atom. The molecule has 0 radical (unpaired) electrons. The van der Waals surface area contributed by atoms with Gasteiger partial charge >= 0.3 is 0 Å². The maximum absolute atomic E-state index is 4.64. The molecule has 6 rings (SSSR count). The largest absolute Gasteiger partial charge is 0.0986 e. The maximum atomic E-state index is 4.64. The molecule has 0 nitrogen and oxygen atoms in total. The van der Waals surface area contributed by atoms with Crippen molar-refractivity contribution in [3.63, 3.8) is 0 Å². The van der Waals surface area contributed by atoms with Crippen molar-refractivity contribution in [2.45, 2.75) is 106 Å². The van der Waals surface area contributed by atoms with Crippen LogP contribution in [0.1, 0.15) is 107 Å². The minimum Gasteiger partial charge on any atom is -0.0986 e. The molecule has 3 unspecified atom stereocenters. The second-order valence-corrected chi connectivity index (χ2v) is 16.2. The molecule has 0 heteroatoms. The van der Waals surface area contributed by atoms with Crippen molar-refractivity contribution in [2.24, 2.45) is 40.9 Å². The molecule has 0 saturated heterocycles. The van der Waals surface area contributed by atoms with Crippen molar-refractivity contribution in [3.8, 4) is 11.1 Å². The average molecular weight is 573 g/mol. The molecule has 43 heavy (non-hydrogen) atoms. The molecule has 2 saturated carbocycles. The lowest BCUT2D eigenvalue weighted by Gasteiger charge is -2.42. The fraction of sp³-hybridized carbons (Fsp3) is 0.535. The van der Waals surface area contributed by atoms with Crippen molar-refractivity contribution in [1.29, 1.82) is 0 Å². The van der Waals surface area contributed by atoms with E-state index in [1.54, 1.807) is 5.56 Å². The van der Waals surface area contributed by atoms with Gasteiger partial charge in [0.05, 0.1) is 0 Å². The minimum atomic E-state index is 0.289. The van der Waals surface area contributed by atoms with Crippen LogP contribution in [-0.2, 0) is 12.8 Å². The first-order valence-electron chi connectivity index (χ1n) is 17.5. The molecule has 0 bridgehead atoms. The van der Waals surface area contributed by atoms with Gasteiger partial charge in [-0.05, 0) is 133 Å². The molecule has 228 valence electrons. The summed E-state index contributed by atoms with van der Waals surface area (Å²) in [6, 6.07) is 11.9. The molecule has 4 aliphatic rings. The van der Waals surface area contributed by atoms with Crippen LogP contribution >= 0.6 is 0 Å². The molecule has 0 aromatic heterocycles. The highest BCUT2D eigenvalue weighted by molar-refractivity contribution is 5.80. The summed E-state index contributed by atoms with van der Waals surface area (Å²) in [6.45, 7) is 23.2. The first-order valence-corrected chi connectivity index (χ1v) is 17.5. The highest BCUT2D eigenvalue weighted by Crippen LogP contribution is 2.51. The van der Waals surface area contributed by atoms with E-state index in [9.17, 15) is 0 Å². The summed E-state index contributed by atoms with van der Waals surface area (Å²) in [5, 5.41) is 0. The first-order chi connectivity index (χ1) is 20.5. The molecule has 0 aliphatic heterocycles. The molecule has 2 aromatic carbocycles. The molecule has 2 aromatic rings. The van der Waals surface area contributed by atoms with Crippen molar-refractivity contribution < 1.29 is 0 Å². The smallest absolute Gasteiger partial charge is 0.00827 e. The number of hydrogen-bond acceptors (Lipinski definition) is 0. The third-order valence-corrected chi connectivity index (χ3v) is 11.7. The topological polar surface area (TPSA) is 0 Å². The monoisotopic (exact) mass is 572 g/mol. The SMILES string of the molecule is C=C1C=CC(CC(C)(C)C)C(=C)C1CC1=Cc2cccc(-c3cc(C)cc(C)c3CC3CC(C4CCC[C@H]4CC)C3)c2C1. The van der Waals surface area contributed by atoms with Gasteiger partial charge in [-0.2, -0.15) is 0 Å². The van der Waals surface area contributed by atoms with Crippen molar-refractivity contribution in [2.75, 3.05) is 0 Å². The zero-order valence-electron chi connectivity index (χ0n) is 28.1. The lowest BCUT2D eigenvalue weighted by atomic mass is 9.63. The van der Waals surface area contributed by atoms with Crippen LogP contribution < -0.4 is 0 Å². The number of fused-ring (bicyclic) bond motifs is 1. The zero-order valence-corrected chi connectivity index (χ0v) is 28.1. The minimum absolute atomic E-state index is 0.289. The van der Waals surface area contributed by atoms with Gasteiger partial charge < -0.3 is 0 Å². The molecular formula is C43H56. The lowest BCUT2D eigenvalue weighted by Crippen LogP contribution is -2.33. The Labute approximate surface area is 263 Å². The number of benzene rings is 2.